The molecule has 1 aliphatic heterocycles. The van der Waals surface area contributed by atoms with Crippen molar-refractivity contribution in [2.24, 2.45) is 5.73 Å². The number of nitrogens with two attached hydrogens (primary N) is 1. The number of para-hydroxylation sites is 1. The van der Waals surface area contributed by atoms with E-state index >= 15 is 0 Å². The highest BCUT2D eigenvalue weighted by atomic mass is 16.5. The van der Waals surface area contributed by atoms with Gasteiger partial charge in [-0.2, -0.15) is 5.26 Å². The number of ether oxygens (including phenoxy) is 1. The lowest BCUT2D eigenvalue weighted by atomic mass is 9.83. The Balaban J connectivity index is 2.08. The summed E-state index contributed by atoms with van der Waals surface area (Å²) >= 11 is 0. The zero-order chi connectivity index (χ0) is 17.6. The first-order valence-corrected chi connectivity index (χ1v) is 7.80. The van der Waals surface area contributed by atoms with E-state index in [0.717, 1.165) is 11.1 Å². The summed E-state index contributed by atoms with van der Waals surface area (Å²) < 4.78 is 11.1. The van der Waals surface area contributed by atoms with Crippen LogP contribution in [0.25, 0.3) is 11.0 Å². The molecule has 3 aromatic rings. The van der Waals surface area contributed by atoms with E-state index in [-0.39, 0.29) is 11.5 Å². The first-order chi connectivity index (χ1) is 12.1. The number of hydrogen-bond acceptors (Lipinski definition) is 5. The second-order valence-electron chi connectivity index (χ2n) is 5.96. The van der Waals surface area contributed by atoms with Crippen LogP contribution in [0.2, 0.25) is 0 Å². The van der Waals surface area contributed by atoms with Gasteiger partial charge in [-0.15, -0.1) is 0 Å². The largest absolute Gasteiger partial charge is 0.439 e. The summed E-state index contributed by atoms with van der Waals surface area (Å²) in [6.45, 7) is 1.97. The molecule has 25 heavy (non-hydrogen) atoms. The lowest BCUT2D eigenvalue weighted by molar-refractivity contribution is 0.388. The van der Waals surface area contributed by atoms with E-state index in [0.29, 0.717) is 22.3 Å². The van der Waals surface area contributed by atoms with Crippen molar-refractivity contribution < 1.29 is 9.15 Å². The number of benzene rings is 2. The normalized spacial score (nSPS) is 16.2. The Bertz CT molecular complexity index is 1120. The van der Waals surface area contributed by atoms with Crippen molar-refractivity contribution in [2.75, 3.05) is 0 Å². The summed E-state index contributed by atoms with van der Waals surface area (Å²) in [5.41, 5.74) is 8.27. The molecule has 0 saturated heterocycles. The van der Waals surface area contributed by atoms with E-state index in [9.17, 15) is 10.1 Å². The summed E-state index contributed by atoms with van der Waals surface area (Å²) in [7, 11) is 0. The van der Waals surface area contributed by atoms with Gasteiger partial charge in [-0.25, -0.2) is 4.79 Å². The smallest absolute Gasteiger partial charge is 0.344 e. The predicted molar refractivity (Wildman–Crippen MR) is 93.0 cm³/mol. The maximum Gasteiger partial charge on any atom is 0.344 e. The second kappa shape index (κ2) is 5.53. The summed E-state index contributed by atoms with van der Waals surface area (Å²) in [4.78, 5) is 12.7. The standard InChI is InChI=1S/C20H14N2O3/c1-11-6-8-12(9-7-11)16-14(10-21)19(22)25-18-13-4-2-3-5-15(13)24-20(23)17(16)18/h2-9,16H,22H2,1H3. The Hall–Kier alpha value is -3.52. The van der Waals surface area contributed by atoms with Crippen LogP contribution in [0.4, 0.5) is 0 Å². The monoisotopic (exact) mass is 330 g/mol. The van der Waals surface area contributed by atoms with Crippen LogP contribution >= 0.6 is 0 Å². The fourth-order valence-corrected chi connectivity index (χ4v) is 3.16. The van der Waals surface area contributed by atoms with Gasteiger partial charge in [-0.3, -0.25) is 0 Å². The molecule has 5 heteroatoms. The van der Waals surface area contributed by atoms with Crippen molar-refractivity contribution >= 4 is 11.0 Å². The summed E-state index contributed by atoms with van der Waals surface area (Å²) in [6.07, 6.45) is 0. The molecule has 0 amide bonds. The third-order valence-electron chi connectivity index (χ3n) is 4.38. The van der Waals surface area contributed by atoms with Crippen molar-refractivity contribution in [1.29, 1.82) is 5.26 Å². The van der Waals surface area contributed by atoms with Gasteiger partial charge in [0.2, 0.25) is 5.88 Å². The predicted octanol–water partition coefficient (Wildman–Crippen LogP) is 3.32. The van der Waals surface area contributed by atoms with Crippen molar-refractivity contribution in [3.63, 3.8) is 0 Å². The van der Waals surface area contributed by atoms with Gasteiger partial charge < -0.3 is 14.9 Å². The van der Waals surface area contributed by atoms with Crippen LogP contribution in [-0.4, -0.2) is 0 Å². The molecule has 0 radical (unpaired) electrons. The van der Waals surface area contributed by atoms with Crippen LogP contribution in [0.5, 0.6) is 5.75 Å². The van der Waals surface area contributed by atoms with Crippen molar-refractivity contribution in [3.05, 3.63) is 87.1 Å². The van der Waals surface area contributed by atoms with Gasteiger partial charge in [0.15, 0.2) is 5.75 Å². The first kappa shape index (κ1) is 15.0. The minimum Gasteiger partial charge on any atom is -0.439 e. The minimum atomic E-state index is -0.616. The molecule has 0 aliphatic carbocycles. The third-order valence-corrected chi connectivity index (χ3v) is 4.38. The molecule has 0 bridgehead atoms. The van der Waals surface area contributed by atoms with Crippen LogP contribution < -0.4 is 16.1 Å². The zero-order valence-corrected chi connectivity index (χ0v) is 13.4. The molecular formula is C20H14N2O3. The molecule has 1 unspecified atom stereocenters. The molecule has 0 fully saturated rings. The van der Waals surface area contributed by atoms with Gasteiger partial charge in [0.05, 0.1) is 16.9 Å². The molecule has 2 N–H and O–H groups in total. The van der Waals surface area contributed by atoms with E-state index in [2.05, 4.69) is 6.07 Å². The quantitative estimate of drug-likeness (QED) is 0.691. The van der Waals surface area contributed by atoms with E-state index in [4.69, 9.17) is 14.9 Å². The number of aryl methyl sites for hydroxylation is 1. The Morgan fingerprint density at radius 1 is 1.12 bits per heavy atom. The Labute approximate surface area is 143 Å². The average Bonchev–Trinajstić information content (AvgIpc) is 2.61. The van der Waals surface area contributed by atoms with Crippen molar-refractivity contribution in [2.45, 2.75) is 12.8 Å². The number of nitrogens with zero attached hydrogens (tertiary/aromatic N) is 1. The van der Waals surface area contributed by atoms with Gasteiger partial charge in [0, 0.05) is 0 Å². The summed E-state index contributed by atoms with van der Waals surface area (Å²) in [5.74, 6) is -0.250. The fourth-order valence-electron chi connectivity index (χ4n) is 3.16. The van der Waals surface area contributed by atoms with Gasteiger partial charge in [0.25, 0.3) is 0 Å². The number of allylic oxidation sites excluding steroid dienone is 1. The first-order valence-electron chi connectivity index (χ1n) is 7.80. The Morgan fingerprint density at radius 3 is 2.56 bits per heavy atom. The molecule has 1 aromatic heterocycles. The fraction of sp³-hybridized carbons (Fsp3) is 0.100. The van der Waals surface area contributed by atoms with E-state index in [1.54, 1.807) is 18.2 Å². The molecule has 2 aromatic carbocycles. The van der Waals surface area contributed by atoms with Gasteiger partial charge in [-0.1, -0.05) is 42.0 Å². The molecule has 5 nitrogen and oxygen atoms in total. The third kappa shape index (κ3) is 2.27. The van der Waals surface area contributed by atoms with Crippen LogP contribution in [0.3, 0.4) is 0 Å². The molecule has 2 heterocycles. The summed E-state index contributed by atoms with van der Waals surface area (Å²) in [5, 5.41) is 10.2. The Morgan fingerprint density at radius 2 is 1.84 bits per heavy atom. The summed E-state index contributed by atoms with van der Waals surface area (Å²) in [6, 6.07) is 16.8. The number of nitriles is 1. The molecule has 0 spiro atoms. The Kier molecular flexibility index (Phi) is 3.33. The highest BCUT2D eigenvalue weighted by Gasteiger charge is 2.35. The molecule has 122 valence electrons. The molecule has 1 atom stereocenters. The van der Waals surface area contributed by atoms with Crippen LogP contribution in [0, 0.1) is 18.3 Å². The molecular weight excluding hydrogens is 316 g/mol. The van der Waals surface area contributed by atoms with Crippen molar-refractivity contribution in [1.82, 2.24) is 0 Å². The maximum atomic E-state index is 12.7. The van der Waals surface area contributed by atoms with Gasteiger partial charge in [-0.05, 0) is 24.6 Å². The molecule has 0 saturated carbocycles. The van der Waals surface area contributed by atoms with E-state index < -0.39 is 11.5 Å². The zero-order valence-electron chi connectivity index (χ0n) is 13.4. The minimum absolute atomic E-state index is 0.0105. The van der Waals surface area contributed by atoms with E-state index in [1.165, 1.54) is 0 Å². The number of hydrogen-bond donors (Lipinski definition) is 1. The highest BCUT2D eigenvalue weighted by molar-refractivity contribution is 5.86. The molecule has 1 aliphatic rings. The average molecular weight is 330 g/mol. The number of rotatable bonds is 1. The van der Waals surface area contributed by atoms with Crippen LogP contribution in [0.15, 0.2) is 69.2 Å². The van der Waals surface area contributed by atoms with Gasteiger partial charge in [0.1, 0.15) is 17.2 Å². The second-order valence-corrected chi connectivity index (χ2v) is 5.96. The molecule has 4 rings (SSSR count). The lowest BCUT2D eigenvalue weighted by Gasteiger charge is -2.26. The van der Waals surface area contributed by atoms with E-state index in [1.807, 2.05) is 37.3 Å². The maximum absolute atomic E-state index is 12.7. The van der Waals surface area contributed by atoms with Crippen LogP contribution in [-0.2, 0) is 0 Å². The highest BCUT2D eigenvalue weighted by Crippen LogP contribution is 2.43. The van der Waals surface area contributed by atoms with Gasteiger partial charge >= 0.3 is 5.63 Å². The number of fused-ring (bicyclic) bond motifs is 3. The van der Waals surface area contributed by atoms with Crippen LogP contribution in [0.1, 0.15) is 22.6 Å². The topological polar surface area (TPSA) is 89.3 Å². The SMILES string of the molecule is Cc1ccc(C2C(C#N)=C(N)Oc3c2c(=O)oc2ccccc32)cc1. The van der Waals surface area contributed by atoms with Crippen molar-refractivity contribution in [3.8, 4) is 11.8 Å². The lowest BCUT2D eigenvalue weighted by Crippen LogP contribution is -2.26.